The molecule has 11 heteroatoms. The van der Waals surface area contributed by atoms with Crippen molar-refractivity contribution in [1.82, 2.24) is 9.97 Å². The number of alkyl halides is 3. The predicted octanol–water partition coefficient (Wildman–Crippen LogP) is 2.98. The van der Waals surface area contributed by atoms with E-state index in [1.54, 1.807) is 6.92 Å². The Hall–Kier alpha value is -2.14. The minimum Gasteiger partial charge on any atom is -0.390 e. The number of rotatable bonds is 7. The number of carbonyl (C=O) groups excluding carboxylic acids is 1. The van der Waals surface area contributed by atoms with Crippen LogP contribution in [0.2, 0.25) is 0 Å². The molecule has 1 amide bonds. The number of halogens is 3. The summed E-state index contributed by atoms with van der Waals surface area (Å²) >= 11 is 0. The number of ether oxygens (including phenoxy) is 1. The quantitative estimate of drug-likeness (QED) is 0.509. The molecule has 2 fully saturated rings. The average Bonchev–Trinajstić information content (AvgIpc) is 2.66. The summed E-state index contributed by atoms with van der Waals surface area (Å²) in [6, 6.07) is -0.0563. The number of primary amides is 1. The van der Waals surface area contributed by atoms with Crippen LogP contribution < -0.4 is 16.4 Å². The van der Waals surface area contributed by atoms with Gasteiger partial charge in [0, 0.05) is 18.3 Å². The van der Waals surface area contributed by atoms with Gasteiger partial charge in [-0.1, -0.05) is 0 Å². The average molecular weight is 445 g/mol. The molecule has 2 aliphatic carbocycles. The number of nitrogens with zero attached hydrogens (tertiary/aromatic N) is 2. The fourth-order valence-electron chi connectivity index (χ4n) is 4.29. The van der Waals surface area contributed by atoms with E-state index in [9.17, 15) is 23.1 Å². The van der Waals surface area contributed by atoms with E-state index in [0.717, 1.165) is 19.3 Å². The van der Waals surface area contributed by atoms with Crippen molar-refractivity contribution in [3.05, 3.63) is 11.8 Å². The smallest absolute Gasteiger partial charge is 0.390 e. The highest BCUT2D eigenvalue weighted by Gasteiger charge is 2.32. The zero-order valence-electron chi connectivity index (χ0n) is 17.5. The molecule has 0 aliphatic heterocycles. The van der Waals surface area contributed by atoms with E-state index < -0.39 is 30.4 Å². The van der Waals surface area contributed by atoms with E-state index in [-0.39, 0.29) is 17.6 Å². The first-order valence-corrected chi connectivity index (χ1v) is 10.6. The first-order chi connectivity index (χ1) is 14.5. The molecule has 1 unspecified atom stereocenters. The van der Waals surface area contributed by atoms with E-state index >= 15 is 0 Å². The van der Waals surface area contributed by atoms with Gasteiger partial charge in [-0.3, -0.25) is 4.79 Å². The van der Waals surface area contributed by atoms with Gasteiger partial charge in [-0.2, -0.15) is 18.2 Å². The third kappa shape index (κ3) is 7.20. The molecular formula is C20H30F3N5O3. The molecule has 0 aromatic carbocycles. The second-order valence-corrected chi connectivity index (χ2v) is 8.80. The third-order valence-corrected chi connectivity index (χ3v) is 5.84. The van der Waals surface area contributed by atoms with Gasteiger partial charge >= 0.3 is 6.18 Å². The number of nitrogens with two attached hydrogens (primary N) is 1. The molecule has 8 nitrogen and oxygen atoms in total. The number of carbonyl (C=O) groups is 1. The molecule has 5 N–H and O–H groups in total. The van der Waals surface area contributed by atoms with Gasteiger partial charge in [0.15, 0.2) is 0 Å². The number of anilines is 2. The molecule has 1 aromatic rings. The summed E-state index contributed by atoms with van der Waals surface area (Å²) in [5, 5.41) is 16.7. The van der Waals surface area contributed by atoms with E-state index in [2.05, 4.69) is 20.6 Å². The maximum atomic E-state index is 12.3. The van der Waals surface area contributed by atoms with Crippen molar-refractivity contribution < 1.29 is 27.8 Å². The summed E-state index contributed by atoms with van der Waals surface area (Å²) in [6.45, 7) is 0.564. The number of hydrogen-bond donors (Lipinski definition) is 4. The highest BCUT2D eigenvalue weighted by Crippen LogP contribution is 2.31. The maximum absolute atomic E-state index is 12.3. The van der Waals surface area contributed by atoms with Crippen LogP contribution in [0.15, 0.2) is 6.20 Å². The van der Waals surface area contributed by atoms with Crippen LogP contribution >= 0.6 is 0 Å². The van der Waals surface area contributed by atoms with E-state index in [0.29, 0.717) is 43.9 Å². The first kappa shape index (κ1) is 23.5. The number of hydrogen-bond acceptors (Lipinski definition) is 7. The molecule has 174 valence electrons. The van der Waals surface area contributed by atoms with Gasteiger partial charge in [-0.25, -0.2) is 4.98 Å². The SMILES string of the molecule is CC1(O)CCC[C@@H](Nc2nc(N[C@H]3CC[C@H](OCC(F)(F)F)CC3)ncc2C(N)=O)C1. The topological polar surface area (TPSA) is 122 Å². The largest absolute Gasteiger partial charge is 0.411 e. The molecule has 1 heterocycles. The Morgan fingerprint density at radius 2 is 1.97 bits per heavy atom. The lowest BCUT2D eigenvalue weighted by Crippen LogP contribution is -2.38. The van der Waals surface area contributed by atoms with Crippen molar-refractivity contribution in [2.75, 3.05) is 17.2 Å². The van der Waals surface area contributed by atoms with Gasteiger partial charge < -0.3 is 26.2 Å². The van der Waals surface area contributed by atoms with Crippen LogP contribution in [0.5, 0.6) is 0 Å². The summed E-state index contributed by atoms with van der Waals surface area (Å²) in [5.41, 5.74) is 4.85. The molecule has 0 saturated heterocycles. The minimum absolute atomic E-state index is 0.00608. The molecule has 2 saturated carbocycles. The van der Waals surface area contributed by atoms with Crippen LogP contribution in [-0.4, -0.2) is 57.6 Å². The number of nitrogens with one attached hydrogen (secondary N) is 2. The lowest BCUT2D eigenvalue weighted by atomic mass is 9.83. The Kier molecular flexibility index (Phi) is 7.25. The van der Waals surface area contributed by atoms with E-state index in [4.69, 9.17) is 10.5 Å². The molecular weight excluding hydrogens is 415 g/mol. The maximum Gasteiger partial charge on any atom is 0.411 e. The van der Waals surface area contributed by atoms with Crippen molar-refractivity contribution in [1.29, 1.82) is 0 Å². The lowest BCUT2D eigenvalue weighted by molar-refractivity contribution is -0.187. The Bertz CT molecular complexity index is 767. The molecule has 1 aromatic heterocycles. The van der Waals surface area contributed by atoms with Crippen LogP contribution in [0.4, 0.5) is 24.9 Å². The Morgan fingerprint density at radius 3 is 2.58 bits per heavy atom. The van der Waals surface area contributed by atoms with Crippen LogP contribution in [-0.2, 0) is 4.74 Å². The normalized spacial score (nSPS) is 29.4. The fourth-order valence-corrected chi connectivity index (χ4v) is 4.29. The summed E-state index contributed by atoms with van der Waals surface area (Å²) in [5.74, 6) is -0.0245. The highest BCUT2D eigenvalue weighted by atomic mass is 19.4. The van der Waals surface area contributed by atoms with Crippen LogP contribution in [0, 0.1) is 0 Å². The first-order valence-electron chi connectivity index (χ1n) is 10.6. The van der Waals surface area contributed by atoms with Gasteiger partial charge in [0.05, 0.1) is 17.3 Å². The zero-order valence-corrected chi connectivity index (χ0v) is 17.5. The van der Waals surface area contributed by atoms with Crippen molar-refractivity contribution in [2.45, 2.75) is 88.3 Å². The summed E-state index contributed by atoms with van der Waals surface area (Å²) in [4.78, 5) is 20.4. The Labute approximate surface area is 179 Å². The van der Waals surface area contributed by atoms with Crippen LogP contribution in [0.1, 0.15) is 68.6 Å². The summed E-state index contributed by atoms with van der Waals surface area (Å²) in [6.07, 6.45) is 1.84. The predicted molar refractivity (Wildman–Crippen MR) is 109 cm³/mol. The highest BCUT2D eigenvalue weighted by molar-refractivity contribution is 5.97. The molecule has 2 atom stereocenters. The van der Waals surface area contributed by atoms with E-state index in [1.165, 1.54) is 6.20 Å². The van der Waals surface area contributed by atoms with Gasteiger partial charge in [0.1, 0.15) is 12.4 Å². The standard InChI is InChI=1S/C20H30F3N5O3/c1-19(30)8-2-3-13(9-19)26-17-15(16(24)29)10-25-18(28-17)27-12-4-6-14(7-5-12)31-11-20(21,22)23/h10,12-14,30H,2-9,11H2,1H3,(H2,24,29)(H2,25,26,27,28)/t12-,13-,14-,19?/m1/s1. The second kappa shape index (κ2) is 9.56. The lowest BCUT2D eigenvalue weighted by Gasteiger charge is -2.34. The van der Waals surface area contributed by atoms with Gasteiger partial charge in [-0.15, -0.1) is 0 Å². The molecule has 2 aliphatic rings. The van der Waals surface area contributed by atoms with Crippen molar-refractivity contribution in [3.8, 4) is 0 Å². The summed E-state index contributed by atoms with van der Waals surface area (Å²) < 4.78 is 41.9. The van der Waals surface area contributed by atoms with Crippen LogP contribution in [0.3, 0.4) is 0 Å². The minimum atomic E-state index is -4.32. The molecule has 3 rings (SSSR count). The van der Waals surface area contributed by atoms with Crippen LogP contribution in [0.25, 0.3) is 0 Å². The molecule has 0 bridgehead atoms. The molecule has 0 radical (unpaired) electrons. The Morgan fingerprint density at radius 1 is 1.26 bits per heavy atom. The fraction of sp³-hybridized carbons (Fsp3) is 0.750. The molecule has 31 heavy (non-hydrogen) atoms. The van der Waals surface area contributed by atoms with Gasteiger partial charge in [-0.05, 0) is 58.3 Å². The number of amides is 1. The van der Waals surface area contributed by atoms with Gasteiger partial charge in [0.2, 0.25) is 5.95 Å². The molecule has 0 spiro atoms. The number of aromatic nitrogens is 2. The monoisotopic (exact) mass is 445 g/mol. The third-order valence-electron chi connectivity index (χ3n) is 5.84. The zero-order chi connectivity index (χ0) is 22.6. The van der Waals surface area contributed by atoms with Gasteiger partial charge in [0.25, 0.3) is 5.91 Å². The van der Waals surface area contributed by atoms with Crippen molar-refractivity contribution in [3.63, 3.8) is 0 Å². The Balaban J connectivity index is 1.60. The second-order valence-electron chi connectivity index (χ2n) is 8.80. The van der Waals surface area contributed by atoms with E-state index in [1.807, 2.05) is 0 Å². The van der Waals surface area contributed by atoms with Crippen molar-refractivity contribution in [2.24, 2.45) is 5.73 Å². The number of aliphatic hydroxyl groups is 1. The summed E-state index contributed by atoms with van der Waals surface area (Å²) in [7, 11) is 0. The van der Waals surface area contributed by atoms with Crippen molar-refractivity contribution >= 4 is 17.7 Å².